The van der Waals surface area contributed by atoms with Crippen molar-refractivity contribution in [3.8, 4) is 0 Å². The van der Waals surface area contributed by atoms with E-state index in [1.54, 1.807) is 13.0 Å². The fourth-order valence-electron chi connectivity index (χ4n) is 1.64. The van der Waals surface area contributed by atoms with Gasteiger partial charge in [0.2, 0.25) is 0 Å². The molecule has 0 saturated carbocycles. The van der Waals surface area contributed by atoms with Gasteiger partial charge in [-0.1, -0.05) is 6.07 Å². The van der Waals surface area contributed by atoms with Crippen LogP contribution in [0, 0.1) is 6.92 Å². The fraction of sp³-hybridized carbons (Fsp3) is 0.538. The zero-order valence-electron chi connectivity index (χ0n) is 10.6. The molecule has 17 heavy (non-hydrogen) atoms. The number of nitrogens with one attached hydrogen (secondary N) is 1. The minimum Gasteiger partial charge on any atom is -0.314 e. The molecule has 0 heterocycles. The topological polar surface area (TPSA) is 12.0 Å². The van der Waals surface area contributed by atoms with Crippen LogP contribution >= 0.6 is 0 Å². The SMILES string of the molecule is CNC(C)(C)Cc1ccc(C(F)(F)F)cc1C. The number of rotatable bonds is 3. The Morgan fingerprint density at radius 2 is 1.76 bits per heavy atom. The molecule has 1 aromatic carbocycles. The first-order chi connectivity index (χ1) is 7.65. The smallest absolute Gasteiger partial charge is 0.314 e. The molecule has 0 aliphatic rings. The average Bonchev–Trinajstić information content (AvgIpc) is 2.19. The maximum atomic E-state index is 12.5. The normalized spacial score (nSPS) is 12.9. The fourth-order valence-corrected chi connectivity index (χ4v) is 1.64. The van der Waals surface area contributed by atoms with E-state index in [1.165, 1.54) is 6.07 Å². The van der Waals surface area contributed by atoms with Crippen LogP contribution in [0.15, 0.2) is 18.2 Å². The van der Waals surface area contributed by atoms with Gasteiger partial charge in [0.25, 0.3) is 0 Å². The van der Waals surface area contributed by atoms with E-state index in [-0.39, 0.29) is 5.54 Å². The lowest BCUT2D eigenvalue weighted by atomic mass is 9.91. The number of alkyl halides is 3. The molecule has 0 bridgehead atoms. The van der Waals surface area contributed by atoms with Gasteiger partial charge in [-0.15, -0.1) is 0 Å². The summed E-state index contributed by atoms with van der Waals surface area (Å²) in [7, 11) is 1.85. The molecular formula is C13H18F3N. The quantitative estimate of drug-likeness (QED) is 0.858. The number of benzene rings is 1. The number of likely N-dealkylation sites (N-methyl/N-ethyl adjacent to an activating group) is 1. The van der Waals surface area contributed by atoms with E-state index in [0.717, 1.165) is 11.6 Å². The Kier molecular flexibility index (Phi) is 3.87. The number of halogens is 3. The molecule has 0 aliphatic carbocycles. The van der Waals surface area contributed by atoms with Crippen LogP contribution in [0.2, 0.25) is 0 Å². The predicted octanol–water partition coefficient (Wildman–Crippen LogP) is 3.55. The largest absolute Gasteiger partial charge is 0.416 e. The predicted molar refractivity (Wildman–Crippen MR) is 63.0 cm³/mol. The minimum absolute atomic E-state index is 0.121. The standard InChI is InChI=1S/C13H18F3N/c1-9-7-11(13(14,15)16)6-5-10(9)8-12(2,3)17-4/h5-7,17H,8H2,1-4H3. The molecule has 0 radical (unpaired) electrons. The zero-order valence-corrected chi connectivity index (χ0v) is 10.6. The highest BCUT2D eigenvalue weighted by Gasteiger charge is 2.30. The first-order valence-corrected chi connectivity index (χ1v) is 5.51. The molecule has 0 aromatic heterocycles. The third-order valence-corrected chi connectivity index (χ3v) is 2.98. The van der Waals surface area contributed by atoms with Gasteiger partial charge in [-0.3, -0.25) is 0 Å². The average molecular weight is 245 g/mol. The Hall–Kier alpha value is -1.03. The second-order valence-corrected chi connectivity index (χ2v) is 4.95. The van der Waals surface area contributed by atoms with Crippen molar-refractivity contribution in [2.24, 2.45) is 0 Å². The lowest BCUT2D eigenvalue weighted by Gasteiger charge is -2.25. The highest BCUT2D eigenvalue weighted by molar-refractivity contribution is 5.33. The van der Waals surface area contributed by atoms with Crippen molar-refractivity contribution in [2.45, 2.75) is 38.9 Å². The van der Waals surface area contributed by atoms with Crippen LogP contribution in [0.3, 0.4) is 0 Å². The maximum Gasteiger partial charge on any atom is 0.416 e. The lowest BCUT2D eigenvalue weighted by molar-refractivity contribution is -0.137. The molecule has 1 N–H and O–H groups in total. The van der Waals surface area contributed by atoms with E-state index in [4.69, 9.17) is 0 Å². The first kappa shape index (κ1) is 14.0. The van der Waals surface area contributed by atoms with Crippen molar-refractivity contribution < 1.29 is 13.2 Å². The van der Waals surface area contributed by atoms with Crippen LogP contribution in [-0.2, 0) is 12.6 Å². The Bertz CT molecular complexity index is 394. The van der Waals surface area contributed by atoms with Crippen LogP contribution in [-0.4, -0.2) is 12.6 Å². The van der Waals surface area contributed by atoms with E-state index >= 15 is 0 Å². The Morgan fingerprint density at radius 3 is 2.18 bits per heavy atom. The summed E-state index contributed by atoms with van der Waals surface area (Å²) in [5.41, 5.74) is 0.923. The van der Waals surface area contributed by atoms with Gasteiger partial charge in [-0.25, -0.2) is 0 Å². The maximum absolute atomic E-state index is 12.5. The second kappa shape index (κ2) is 4.69. The van der Waals surface area contributed by atoms with Crippen molar-refractivity contribution in [3.63, 3.8) is 0 Å². The Labute approximate surface area is 100 Å². The summed E-state index contributed by atoms with van der Waals surface area (Å²) in [6, 6.07) is 3.92. The summed E-state index contributed by atoms with van der Waals surface area (Å²) in [6.45, 7) is 5.75. The minimum atomic E-state index is -4.26. The van der Waals surface area contributed by atoms with Crippen LogP contribution in [0.4, 0.5) is 13.2 Å². The molecule has 1 aromatic rings. The molecule has 0 amide bonds. The summed E-state index contributed by atoms with van der Waals surface area (Å²) in [5.74, 6) is 0. The van der Waals surface area contributed by atoms with Crippen LogP contribution in [0.5, 0.6) is 0 Å². The van der Waals surface area contributed by atoms with Crippen molar-refractivity contribution in [3.05, 3.63) is 34.9 Å². The summed E-state index contributed by atoms with van der Waals surface area (Å²) in [5, 5.41) is 3.14. The molecule has 0 saturated heterocycles. The molecule has 4 heteroatoms. The lowest BCUT2D eigenvalue weighted by Crippen LogP contribution is -2.38. The summed E-state index contributed by atoms with van der Waals surface area (Å²) in [4.78, 5) is 0. The number of hydrogen-bond acceptors (Lipinski definition) is 1. The van der Waals surface area contributed by atoms with E-state index in [2.05, 4.69) is 5.32 Å². The zero-order chi connectivity index (χ0) is 13.3. The van der Waals surface area contributed by atoms with Gasteiger partial charge in [-0.05, 0) is 57.5 Å². The van der Waals surface area contributed by atoms with Crippen molar-refractivity contribution in [2.75, 3.05) is 7.05 Å². The van der Waals surface area contributed by atoms with Gasteiger partial charge in [0.05, 0.1) is 5.56 Å². The highest BCUT2D eigenvalue weighted by atomic mass is 19.4. The van der Waals surface area contributed by atoms with Crippen LogP contribution < -0.4 is 5.32 Å². The van der Waals surface area contributed by atoms with E-state index in [9.17, 15) is 13.2 Å². The molecule has 96 valence electrons. The first-order valence-electron chi connectivity index (χ1n) is 5.51. The molecule has 0 atom stereocenters. The molecule has 0 unspecified atom stereocenters. The van der Waals surface area contributed by atoms with Gasteiger partial charge in [-0.2, -0.15) is 13.2 Å². The molecule has 0 fully saturated rings. The molecule has 0 spiro atoms. The van der Waals surface area contributed by atoms with Gasteiger partial charge < -0.3 is 5.32 Å². The van der Waals surface area contributed by atoms with Gasteiger partial charge in [0.1, 0.15) is 0 Å². The summed E-state index contributed by atoms with van der Waals surface area (Å²) in [6.07, 6.45) is -3.56. The van der Waals surface area contributed by atoms with E-state index < -0.39 is 11.7 Å². The Morgan fingerprint density at radius 1 is 1.18 bits per heavy atom. The highest BCUT2D eigenvalue weighted by Crippen LogP contribution is 2.31. The summed E-state index contributed by atoms with van der Waals surface area (Å²) < 4.78 is 37.5. The monoisotopic (exact) mass is 245 g/mol. The Balaban J connectivity index is 2.99. The number of aryl methyl sites for hydroxylation is 1. The third kappa shape index (κ3) is 3.73. The third-order valence-electron chi connectivity index (χ3n) is 2.98. The van der Waals surface area contributed by atoms with Crippen LogP contribution in [0.1, 0.15) is 30.5 Å². The van der Waals surface area contributed by atoms with E-state index in [0.29, 0.717) is 12.0 Å². The van der Waals surface area contributed by atoms with Crippen molar-refractivity contribution >= 4 is 0 Å². The second-order valence-electron chi connectivity index (χ2n) is 4.95. The molecule has 0 aliphatic heterocycles. The van der Waals surface area contributed by atoms with Gasteiger partial charge in [0.15, 0.2) is 0 Å². The van der Waals surface area contributed by atoms with Gasteiger partial charge >= 0.3 is 6.18 Å². The van der Waals surface area contributed by atoms with E-state index in [1.807, 2.05) is 20.9 Å². The van der Waals surface area contributed by atoms with Gasteiger partial charge in [0, 0.05) is 5.54 Å². The van der Waals surface area contributed by atoms with Crippen molar-refractivity contribution in [1.29, 1.82) is 0 Å². The van der Waals surface area contributed by atoms with Crippen molar-refractivity contribution in [1.82, 2.24) is 5.32 Å². The molecule has 1 rings (SSSR count). The summed E-state index contributed by atoms with van der Waals surface area (Å²) >= 11 is 0. The van der Waals surface area contributed by atoms with Crippen LogP contribution in [0.25, 0.3) is 0 Å². The molecular weight excluding hydrogens is 227 g/mol. The molecule has 1 nitrogen and oxygen atoms in total. The number of hydrogen-bond donors (Lipinski definition) is 1.